The normalized spacial score (nSPS) is 10.5. The van der Waals surface area contributed by atoms with Crippen LogP contribution in [0.1, 0.15) is 21.5 Å². The van der Waals surface area contributed by atoms with Crippen LogP contribution in [0.25, 0.3) is 0 Å². The third-order valence-electron chi connectivity index (χ3n) is 3.72. The van der Waals surface area contributed by atoms with Crippen LogP contribution in [-0.4, -0.2) is 15.5 Å². The number of hydrogen-bond donors (Lipinski definition) is 1. The molecule has 1 aromatic carbocycles. The molecule has 0 unspecified atom stereocenters. The molecule has 6 heteroatoms. The van der Waals surface area contributed by atoms with Gasteiger partial charge in [0.15, 0.2) is 0 Å². The lowest BCUT2D eigenvalue weighted by Crippen LogP contribution is -2.29. The number of benzene rings is 1. The van der Waals surface area contributed by atoms with Crippen molar-refractivity contribution in [2.45, 2.75) is 13.5 Å². The lowest BCUT2D eigenvalue weighted by atomic mass is 10.2. The van der Waals surface area contributed by atoms with Crippen molar-refractivity contribution < 1.29 is 9.18 Å². The van der Waals surface area contributed by atoms with E-state index in [-0.39, 0.29) is 12.1 Å². The summed E-state index contributed by atoms with van der Waals surface area (Å²) in [7, 11) is 0. The number of halogens is 1. The monoisotopic (exact) mass is 337 g/mol. The number of amides is 1. The van der Waals surface area contributed by atoms with Gasteiger partial charge in [-0.05, 0) is 42.8 Å². The van der Waals surface area contributed by atoms with Crippen molar-refractivity contribution >= 4 is 11.7 Å². The summed E-state index contributed by atoms with van der Waals surface area (Å²) in [6.45, 7) is 1.93. The molecule has 0 aliphatic rings. The predicted molar refractivity (Wildman–Crippen MR) is 93.1 cm³/mol. The molecule has 0 atom stereocenters. The van der Waals surface area contributed by atoms with E-state index in [1.54, 1.807) is 42.6 Å². The molecule has 2 aromatic heterocycles. The molecule has 0 spiro atoms. The first-order chi connectivity index (χ1) is 12.0. The van der Waals surface area contributed by atoms with E-state index in [0.717, 1.165) is 5.56 Å². The number of hydrogen-bond acceptors (Lipinski definition) is 3. The maximum atomic E-state index is 13.8. The molecule has 3 rings (SSSR count). The molecular weight excluding hydrogens is 321 g/mol. The van der Waals surface area contributed by atoms with Gasteiger partial charge in [0.05, 0.1) is 6.54 Å². The van der Waals surface area contributed by atoms with Gasteiger partial charge in [0.1, 0.15) is 17.2 Å². The zero-order valence-electron chi connectivity index (χ0n) is 13.6. The first-order valence-electron chi connectivity index (χ1n) is 7.71. The van der Waals surface area contributed by atoms with E-state index in [1.165, 1.54) is 22.9 Å². The van der Waals surface area contributed by atoms with Crippen LogP contribution in [0.15, 0.2) is 65.7 Å². The lowest BCUT2D eigenvalue weighted by molar-refractivity contribution is 0.102. The third-order valence-corrected chi connectivity index (χ3v) is 3.72. The van der Waals surface area contributed by atoms with E-state index in [0.29, 0.717) is 11.4 Å². The van der Waals surface area contributed by atoms with Crippen molar-refractivity contribution in [3.8, 4) is 0 Å². The molecule has 5 nitrogen and oxygen atoms in total. The number of carbonyl (C=O) groups is 1. The van der Waals surface area contributed by atoms with E-state index >= 15 is 0 Å². The highest BCUT2D eigenvalue weighted by Crippen LogP contribution is 2.09. The van der Waals surface area contributed by atoms with Gasteiger partial charge in [-0.2, -0.15) is 0 Å². The molecule has 1 amide bonds. The molecule has 0 saturated carbocycles. The number of rotatable bonds is 4. The number of nitrogens with zero attached hydrogens (tertiary/aromatic N) is 2. The summed E-state index contributed by atoms with van der Waals surface area (Å²) < 4.78 is 15.1. The van der Waals surface area contributed by atoms with Gasteiger partial charge in [0, 0.05) is 18.0 Å². The zero-order chi connectivity index (χ0) is 17.8. The van der Waals surface area contributed by atoms with Crippen molar-refractivity contribution in [1.82, 2.24) is 9.55 Å². The van der Waals surface area contributed by atoms with Gasteiger partial charge in [0.2, 0.25) is 0 Å². The first kappa shape index (κ1) is 16.6. The Labute approximate surface area is 143 Å². The minimum Gasteiger partial charge on any atom is -0.310 e. The van der Waals surface area contributed by atoms with Crippen LogP contribution in [0.5, 0.6) is 0 Å². The number of pyridine rings is 2. The van der Waals surface area contributed by atoms with Crippen LogP contribution in [0.4, 0.5) is 10.2 Å². The summed E-state index contributed by atoms with van der Waals surface area (Å²) >= 11 is 0. The van der Waals surface area contributed by atoms with E-state index in [2.05, 4.69) is 10.3 Å². The first-order valence-corrected chi connectivity index (χ1v) is 7.71. The van der Waals surface area contributed by atoms with Crippen molar-refractivity contribution in [3.05, 3.63) is 93.8 Å². The maximum absolute atomic E-state index is 13.8. The zero-order valence-corrected chi connectivity index (χ0v) is 13.6. The van der Waals surface area contributed by atoms with E-state index in [4.69, 9.17) is 0 Å². The van der Waals surface area contributed by atoms with Crippen molar-refractivity contribution in [2.75, 3.05) is 5.32 Å². The van der Waals surface area contributed by atoms with Crippen molar-refractivity contribution in [1.29, 1.82) is 0 Å². The summed E-state index contributed by atoms with van der Waals surface area (Å²) in [5.41, 5.74) is 0.802. The fraction of sp³-hybridized carbons (Fsp3) is 0.105. The molecule has 2 heterocycles. The maximum Gasteiger partial charge on any atom is 0.263 e. The van der Waals surface area contributed by atoms with E-state index < -0.39 is 17.3 Å². The van der Waals surface area contributed by atoms with Crippen LogP contribution in [0, 0.1) is 12.7 Å². The van der Waals surface area contributed by atoms with Crippen LogP contribution in [0.3, 0.4) is 0 Å². The third kappa shape index (κ3) is 3.80. The van der Waals surface area contributed by atoms with Gasteiger partial charge in [0.25, 0.3) is 11.5 Å². The molecule has 1 N–H and O–H groups in total. The standard InChI is InChI=1S/C19H16FN3O2/c1-13-8-9-21-17(11-13)22-18(24)15-6-4-10-23(19(15)25)12-14-5-2-3-7-16(14)20/h2-11H,12H2,1H3,(H,21,22,24). The molecule has 126 valence electrons. The number of aromatic nitrogens is 2. The average Bonchev–Trinajstić information content (AvgIpc) is 2.58. The average molecular weight is 337 g/mol. The molecule has 25 heavy (non-hydrogen) atoms. The lowest BCUT2D eigenvalue weighted by Gasteiger charge is -2.09. The number of aryl methyl sites for hydroxylation is 1. The predicted octanol–water partition coefficient (Wildman–Crippen LogP) is 2.99. The van der Waals surface area contributed by atoms with Gasteiger partial charge < -0.3 is 9.88 Å². The Morgan fingerprint density at radius 3 is 2.76 bits per heavy atom. The highest BCUT2D eigenvalue weighted by Gasteiger charge is 2.14. The van der Waals surface area contributed by atoms with Crippen molar-refractivity contribution in [3.63, 3.8) is 0 Å². The fourth-order valence-electron chi connectivity index (χ4n) is 2.43. The molecule has 0 saturated heterocycles. The smallest absolute Gasteiger partial charge is 0.263 e. The summed E-state index contributed by atoms with van der Waals surface area (Å²) in [6, 6.07) is 12.7. The Morgan fingerprint density at radius 2 is 2.00 bits per heavy atom. The van der Waals surface area contributed by atoms with Crippen LogP contribution < -0.4 is 10.9 Å². The molecule has 0 fully saturated rings. The Kier molecular flexibility index (Phi) is 4.70. The van der Waals surface area contributed by atoms with Gasteiger partial charge in [-0.3, -0.25) is 9.59 Å². The number of anilines is 1. The molecule has 0 aliphatic carbocycles. The summed E-state index contributed by atoms with van der Waals surface area (Å²) in [5.74, 6) is -0.576. The highest BCUT2D eigenvalue weighted by molar-refractivity contribution is 6.03. The molecule has 0 aliphatic heterocycles. The fourth-order valence-corrected chi connectivity index (χ4v) is 2.43. The largest absolute Gasteiger partial charge is 0.310 e. The summed E-state index contributed by atoms with van der Waals surface area (Å²) in [5, 5.41) is 2.60. The van der Waals surface area contributed by atoms with Crippen LogP contribution >= 0.6 is 0 Å². The van der Waals surface area contributed by atoms with E-state index in [9.17, 15) is 14.0 Å². The molecule has 3 aromatic rings. The second kappa shape index (κ2) is 7.09. The van der Waals surface area contributed by atoms with Gasteiger partial charge in [-0.25, -0.2) is 9.37 Å². The van der Waals surface area contributed by atoms with Crippen molar-refractivity contribution in [2.24, 2.45) is 0 Å². The van der Waals surface area contributed by atoms with Gasteiger partial charge in [-0.1, -0.05) is 18.2 Å². The number of carbonyl (C=O) groups excluding carboxylic acids is 1. The van der Waals surface area contributed by atoms with Crippen LogP contribution in [-0.2, 0) is 6.54 Å². The Hall–Kier alpha value is -3.28. The molecule has 0 radical (unpaired) electrons. The quantitative estimate of drug-likeness (QED) is 0.796. The Bertz CT molecular complexity index is 982. The summed E-state index contributed by atoms with van der Waals surface area (Å²) in [6.07, 6.45) is 3.10. The Balaban J connectivity index is 1.87. The molecular formula is C19H16FN3O2. The SMILES string of the molecule is Cc1ccnc(NC(=O)c2cccn(Cc3ccccc3F)c2=O)c1. The highest BCUT2D eigenvalue weighted by atomic mass is 19.1. The second-order valence-corrected chi connectivity index (χ2v) is 5.62. The molecule has 0 bridgehead atoms. The summed E-state index contributed by atoms with van der Waals surface area (Å²) in [4.78, 5) is 29.0. The van der Waals surface area contributed by atoms with Gasteiger partial charge >= 0.3 is 0 Å². The minimum atomic E-state index is -0.550. The number of nitrogens with one attached hydrogen (secondary N) is 1. The van der Waals surface area contributed by atoms with Crippen LogP contribution in [0.2, 0.25) is 0 Å². The topological polar surface area (TPSA) is 64.0 Å². The minimum absolute atomic E-state index is 0.0258. The Morgan fingerprint density at radius 1 is 1.20 bits per heavy atom. The second-order valence-electron chi connectivity index (χ2n) is 5.62. The van der Waals surface area contributed by atoms with Gasteiger partial charge in [-0.15, -0.1) is 0 Å². The van der Waals surface area contributed by atoms with E-state index in [1.807, 2.05) is 6.92 Å².